The summed E-state index contributed by atoms with van der Waals surface area (Å²) in [6.07, 6.45) is 6.70. The average Bonchev–Trinajstić information content (AvgIpc) is 3.34. The molecule has 1 N–H and O–H groups in total. The third kappa shape index (κ3) is 5.56. The fraction of sp³-hybridized carbons (Fsp3) is 0.379. The van der Waals surface area contributed by atoms with Crippen molar-refractivity contribution < 1.29 is 23.5 Å². The number of ether oxygens (including phenoxy) is 2. The van der Waals surface area contributed by atoms with E-state index in [4.69, 9.17) is 13.9 Å². The number of benzene rings is 2. The van der Waals surface area contributed by atoms with Gasteiger partial charge in [-0.1, -0.05) is 61.7 Å². The summed E-state index contributed by atoms with van der Waals surface area (Å²) in [5, 5.41) is 3.23. The second-order valence-corrected chi connectivity index (χ2v) is 9.14. The first-order valence-electron chi connectivity index (χ1n) is 12.4. The number of furan rings is 1. The summed E-state index contributed by atoms with van der Waals surface area (Å²) in [5.74, 6) is 0.899. The van der Waals surface area contributed by atoms with E-state index in [0.717, 1.165) is 31.2 Å². The van der Waals surface area contributed by atoms with E-state index in [0.29, 0.717) is 28.4 Å². The van der Waals surface area contributed by atoms with Gasteiger partial charge in [-0.25, -0.2) is 0 Å². The van der Waals surface area contributed by atoms with E-state index in [9.17, 15) is 9.59 Å². The second kappa shape index (κ2) is 11.8. The van der Waals surface area contributed by atoms with Gasteiger partial charge in [0.1, 0.15) is 11.8 Å². The van der Waals surface area contributed by atoms with E-state index in [1.807, 2.05) is 42.5 Å². The zero-order chi connectivity index (χ0) is 25.5. The van der Waals surface area contributed by atoms with Gasteiger partial charge in [0.05, 0.1) is 26.0 Å². The van der Waals surface area contributed by atoms with Crippen LogP contribution in [-0.2, 0) is 11.3 Å². The van der Waals surface area contributed by atoms with Gasteiger partial charge in [0, 0.05) is 18.2 Å². The Balaban J connectivity index is 1.83. The molecule has 0 aliphatic heterocycles. The number of methoxy groups -OCH3 is 2. The lowest BCUT2D eigenvalue weighted by Gasteiger charge is -2.34. The summed E-state index contributed by atoms with van der Waals surface area (Å²) in [7, 11) is 3.10. The summed E-state index contributed by atoms with van der Waals surface area (Å²) < 4.78 is 16.7. The number of hydrogen-bond donors (Lipinski definition) is 1. The Morgan fingerprint density at radius 3 is 2.39 bits per heavy atom. The molecule has 1 heterocycles. The molecule has 0 spiro atoms. The molecule has 1 aliphatic carbocycles. The van der Waals surface area contributed by atoms with Crippen LogP contribution in [0.4, 0.5) is 0 Å². The van der Waals surface area contributed by atoms with Crippen molar-refractivity contribution in [3.05, 3.63) is 83.3 Å². The zero-order valence-electron chi connectivity index (χ0n) is 21.2. The molecule has 2 amide bonds. The van der Waals surface area contributed by atoms with E-state index in [-0.39, 0.29) is 24.4 Å². The summed E-state index contributed by atoms with van der Waals surface area (Å²) in [5.41, 5.74) is 1.89. The molecule has 0 saturated heterocycles. The van der Waals surface area contributed by atoms with Crippen molar-refractivity contribution in [2.24, 2.45) is 0 Å². The number of nitrogens with zero attached hydrogens (tertiary/aromatic N) is 1. The maximum absolute atomic E-state index is 14.0. The molecular formula is C29H34N2O5. The first-order chi connectivity index (χ1) is 17.5. The Morgan fingerprint density at radius 1 is 1.00 bits per heavy atom. The van der Waals surface area contributed by atoms with Gasteiger partial charge in [0.15, 0.2) is 11.5 Å². The molecule has 1 aliphatic rings. The van der Waals surface area contributed by atoms with E-state index in [1.165, 1.54) is 12.7 Å². The largest absolute Gasteiger partial charge is 0.493 e. The standard InChI is InChI=1S/C29H34N2O5/c1-20-23(17-18-36-20)29(33)31(19-21-11-6-4-7-12-21)26(28(32)30-22-13-8-5-9-14-22)24-15-10-16-25(34-2)27(24)35-3/h4,6-7,10-12,15-18,22,26H,5,8-9,13-14,19H2,1-3H3,(H,30,32). The van der Waals surface area contributed by atoms with Crippen LogP contribution >= 0.6 is 0 Å². The molecule has 1 saturated carbocycles. The Kier molecular flexibility index (Phi) is 8.31. The van der Waals surface area contributed by atoms with Crippen LogP contribution in [0.5, 0.6) is 11.5 Å². The van der Waals surface area contributed by atoms with Crippen molar-refractivity contribution in [2.45, 2.75) is 57.7 Å². The van der Waals surface area contributed by atoms with Gasteiger partial charge in [0.25, 0.3) is 5.91 Å². The smallest absolute Gasteiger partial charge is 0.258 e. The minimum atomic E-state index is -0.945. The normalized spacial score (nSPS) is 14.6. The van der Waals surface area contributed by atoms with Crippen molar-refractivity contribution in [3.8, 4) is 11.5 Å². The summed E-state index contributed by atoms with van der Waals surface area (Å²) in [4.78, 5) is 29.7. The number of para-hydroxylation sites is 1. The fourth-order valence-electron chi connectivity index (χ4n) is 4.93. The van der Waals surface area contributed by atoms with Crippen molar-refractivity contribution in [2.75, 3.05) is 14.2 Å². The molecule has 4 rings (SSSR count). The Hall–Kier alpha value is -3.74. The van der Waals surface area contributed by atoms with Crippen LogP contribution in [0, 0.1) is 6.92 Å². The van der Waals surface area contributed by atoms with E-state index < -0.39 is 6.04 Å². The molecule has 1 unspecified atom stereocenters. The Morgan fingerprint density at radius 2 is 1.75 bits per heavy atom. The van der Waals surface area contributed by atoms with Crippen LogP contribution < -0.4 is 14.8 Å². The highest BCUT2D eigenvalue weighted by Crippen LogP contribution is 2.38. The number of aryl methyl sites for hydroxylation is 1. The molecule has 1 atom stereocenters. The van der Waals surface area contributed by atoms with Crippen LogP contribution in [0.1, 0.15) is 65.4 Å². The van der Waals surface area contributed by atoms with E-state index >= 15 is 0 Å². The Labute approximate surface area is 212 Å². The first kappa shape index (κ1) is 25.4. The lowest BCUT2D eigenvalue weighted by molar-refractivity contribution is -0.127. The monoisotopic (exact) mass is 490 g/mol. The maximum atomic E-state index is 14.0. The number of amides is 2. The highest BCUT2D eigenvalue weighted by Gasteiger charge is 2.37. The average molecular weight is 491 g/mol. The number of hydrogen-bond acceptors (Lipinski definition) is 5. The van der Waals surface area contributed by atoms with E-state index in [2.05, 4.69) is 5.32 Å². The van der Waals surface area contributed by atoms with Crippen LogP contribution in [0.3, 0.4) is 0 Å². The van der Waals surface area contributed by atoms with Gasteiger partial charge < -0.3 is 24.1 Å². The van der Waals surface area contributed by atoms with Crippen molar-refractivity contribution in [1.29, 1.82) is 0 Å². The number of rotatable bonds is 9. The van der Waals surface area contributed by atoms with Crippen LogP contribution in [0.25, 0.3) is 0 Å². The quantitative estimate of drug-likeness (QED) is 0.432. The summed E-state index contributed by atoms with van der Waals surface area (Å²) in [6, 6.07) is 15.8. The molecule has 190 valence electrons. The van der Waals surface area contributed by atoms with Gasteiger partial charge >= 0.3 is 0 Å². The second-order valence-electron chi connectivity index (χ2n) is 9.14. The molecule has 1 fully saturated rings. The zero-order valence-corrected chi connectivity index (χ0v) is 21.2. The van der Waals surface area contributed by atoms with Crippen LogP contribution in [0.15, 0.2) is 65.3 Å². The predicted octanol–water partition coefficient (Wildman–Crippen LogP) is 5.44. The maximum Gasteiger partial charge on any atom is 0.258 e. The van der Waals surface area contributed by atoms with Gasteiger partial charge in [-0.05, 0) is 37.5 Å². The summed E-state index contributed by atoms with van der Waals surface area (Å²) >= 11 is 0. The topological polar surface area (TPSA) is 81.0 Å². The number of carbonyl (C=O) groups is 2. The highest BCUT2D eigenvalue weighted by molar-refractivity contribution is 5.99. The molecule has 7 heteroatoms. The minimum absolute atomic E-state index is 0.0784. The molecule has 0 radical (unpaired) electrons. The minimum Gasteiger partial charge on any atom is -0.493 e. The third-order valence-electron chi connectivity index (χ3n) is 6.79. The highest BCUT2D eigenvalue weighted by atomic mass is 16.5. The van der Waals surface area contributed by atoms with Gasteiger partial charge in [-0.15, -0.1) is 0 Å². The lowest BCUT2D eigenvalue weighted by Crippen LogP contribution is -2.47. The molecule has 1 aromatic heterocycles. The van der Waals surface area contributed by atoms with Crippen molar-refractivity contribution >= 4 is 11.8 Å². The number of nitrogens with one attached hydrogen (secondary N) is 1. The molecule has 2 aromatic carbocycles. The van der Waals surface area contributed by atoms with Gasteiger partial charge in [-0.3, -0.25) is 9.59 Å². The molecule has 7 nitrogen and oxygen atoms in total. The SMILES string of the molecule is COc1cccc(C(C(=O)NC2CCCCC2)N(Cc2ccccc2)C(=O)c2ccoc2C)c1OC. The first-order valence-corrected chi connectivity index (χ1v) is 12.4. The predicted molar refractivity (Wildman–Crippen MR) is 137 cm³/mol. The third-order valence-corrected chi connectivity index (χ3v) is 6.79. The van der Waals surface area contributed by atoms with Crippen molar-refractivity contribution in [1.82, 2.24) is 10.2 Å². The Bertz CT molecular complexity index is 1170. The van der Waals surface area contributed by atoms with Gasteiger partial charge in [-0.2, -0.15) is 0 Å². The number of carbonyl (C=O) groups excluding carboxylic acids is 2. The molecule has 0 bridgehead atoms. The van der Waals surface area contributed by atoms with Crippen LogP contribution in [0.2, 0.25) is 0 Å². The molecular weight excluding hydrogens is 456 g/mol. The molecule has 3 aromatic rings. The summed E-state index contributed by atoms with van der Waals surface area (Å²) in [6.45, 7) is 1.98. The van der Waals surface area contributed by atoms with E-state index in [1.54, 1.807) is 38.2 Å². The van der Waals surface area contributed by atoms with Gasteiger partial charge in [0.2, 0.25) is 5.91 Å². The molecule has 36 heavy (non-hydrogen) atoms. The fourth-order valence-corrected chi connectivity index (χ4v) is 4.93. The lowest BCUT2D eigenvalue weighted by atomic mass is 9.94. The van der Waals surface area contributed by atoms with Crippen molar-refractivity contribution in [3.63, 3.8) is 0 Å². The van der Waals surface area contributed by atoms with Crippen LogP contribution in [-0.4, -0.2) is 37.0 Å².